The number of benzene rings is 2. The van der Waals surface area contributed by atoms with Crippen LogP contribution in [0.3, 0.4) is 0 Å². The van der Waals surface area contributed by atoms with Crippen molar-refractivity contribution in [3.05, 3.63) is 59.2 Å². The number of hydrogen-bond donors (Lipinski definition) is 5. The molecule has 1 aliphatic rings. The minimum atomic E-state index is -0.625. The molecule has 0 aromatic heterocycles. The van der Waals surface area contributed by atoms with Gasteiger partial charge in [0.05, 0.1) is 24.9 Å². The number of aliphatic hydroxyl groups excluding tert-OH is 2. The van der Waals surface area contributed by atoms with Crippen molar-refractivity contribution in [1.82, 2.24) is 10.6 Å². The van der Waals surface area contributed by atoms with Crippen molar-refractivity contribution in [3.8, 4) is 5.75 Å². The molecule has 2 aromatic carbocycles. The number of aryl methyl sites for hydroxylation is 1. The lowest BCUT2D eigenvalue weighted by atomic mass is 10.0. The summed E-state index contributed by atoms with van der Waals surface area (Å²) in [4.78, 5) is 24.9. The number of amides is 3. The summed E-state index contributed by atoms with van der Waals surface area (Å²) in [6.45, 7) is 2.91. The molecule has 0 bridgehead atoms. The number of carbonyl (C=O) groups is 2. The van der Waals surface area contributed by atoms with Gasteiger partial charge in [-0.1, -0.05) is 31.0 Å². The molecule has 1 fully saturated rings. The molecule has 1 unspecified atom stereocenters. The summed E-state index contributed by atoms with van der Waals surface area (Å²) in [6.07, 6.45) is 7.15. The molecule has 208 valence electrons. The molecule has 38 heavy (non-hydrogen) atoms. The van der Waals surface area contributed by atoms with Gasteiger partial charge in [-0.05, 0) is 87.0 Å². The third-order valence-corrected chi connectivity index (χ3v) is 6.66. The molecular formula is C29H41N3O6. The Labute approximate surface area is 224 Å². The maximum atomic E-state index is 11.9. The largest absolute Gasteiger partial charge is 0.508 e. The first kappa shape index (κ1) is 29.6. The number of imide groups is 1. The van der Waals surface area contributed by atoms with Crippen LogP contribution in [0.15, 0.2) is 42.5 Å². The lowest BCUT2D eigenvalue weighted by Gasteiger charge is -2.13. The highest BCUT2D eigenvalue weighted by Crippen LogP contribution is 2.24. The molecule has 0 aliphatic carbocycles. The normalized spacial score (nSPS) is 14.2. The molecule has 0 radical (unpaired) electrons. The van der Waals surface area contributed by atoms with Gasteiger partial charge in [0.15, 0.2) is 0 Å². The van der Waals surface area contributed by atoms with E-state index >= 15 is 0 Å². The molecule has 1 atom stereocenters. The van der Waals surface area contributed by atoms with E-state index < -0.39 is 6.10 Å². The molecule has 0 saturated carbocycles. The lowest BCUT2D eigenvalue weighted by molar-refractivity contribution is -0.115. The summed E-state index contributed by atoms with van der Waals surface area (Å²) >= 11 is 0. The van der Waals surface area contributed by atoms with Gasteiger partial charge in [0, 0.05) is 18.8 Å². The van der Waals surface area contributed by atoms with E-state index in [0.29, 0.717) is 29.8 Å². The molecule has 9 nitrogen and oxygen atoms in total. The lowest BCUT2D eigenvalue weighted by Crippen LogP contribution is -2.30. The van der Waals surface area contributed by atoms with Crippen molar-refractivity contribution >= 4 is 17.6 Å². The number of unbranched alkanes of at least 4 members (excludes halogenated alkanes) is 4. The van der Waals surface area contributed by atoms with E-state index in [0.717, 1.165) is 70.3 Å². The fraction of sp³-hybridized carbons (Fsp3) is 0.517. The summed E-state index contributed by atoms with van der Waals surface area (Å²) in [5.41, 5.74) is 2.86. The number of urea groups is 1. The fourth-order valence-corrected chi connectivity index (χ4v) is 4.45. The Bertz CT molecular complexity index is 1020. The summed E-state index contributed by atoms with van der Waals surface area (Å²) < 4.78 is 5.76. The van der Waals surface area contributed by atoms with Gasteiger partial charge in [-0.25, -0.2) is 9.69 Å². The third-order valence-electron chi connectivity index (χ3n) is 6.66. The van der Waals surface area contributed by atoms with Gasteiger partial charge in [-0.2, -0.15) is 0 Å². The van der Waals surface area contributed by atoms with Crippen molar-refractivity contribution in [2.45, 2.75) is 64.1 Å². The number of nitrogens with zero attached hydrogens (tertiary/aromatic N) is 1. The summed E-state index contributed by atoms with van der Waals surface area (Å²) in [5.74, 6) is -0.183. The Kier molecular flexibility index (Phi) is 12.5. The monoisotopic (exact) mass is 527 g/mol. The number of nitrogens with one attached hydrogen (secondary N) is 2. The van der Waals surface area contributed by atoms with Gasteiger partial charge in [0.25, 0.3) is 5.91 Å². The Morgan fingerprint density at radius 2 is 1.76 bits per heavy atom. The smallest absolute Gasteiger partial charge is 0.329 e. The molecule has 9 heteroatoms. The van der Waals surface area contributed by atoms with Gasteiger partial charge in [-0.3, -0.25) is 4.79 Å². The number of rotatable bonds is 18. The highest BCUT2D eigenvalue weighted by Gasteiger charge is 2.29. The van der Waals surface area contributed by atoms with Gasteiger partial charge < -0.3 is 30.7 Å². The van der Waals surface area contributed by atoms with E-state index in [1.165, 1.54) is 11.0 Å². The molecule has 5 N–H and O–H groups in total. The van der Waals surface area contributed by atoms with E-state index in [1.54, 1.807) is 18.2 Å². The van der Waals surface area contributed by atoms with E-state index in [4.69, 9.17) is 4.74 Å². The second kappa shape index (κ2) is 16.1. The number of hydrogen-bond acceptors (Lipinski definition) is 7. The maximum absolute atomic E-state index is 11.9. The van der Waals surface area contributed by atoms with Gasteiger partial charge in [-0.15, -0.1) is 0 Å². The highest BCUT2D eigenvalue weighted by molar-refractivity contribution is 6.19. The number of aliphatic hydroxyl groups is 2. The highest BCUT2D eigenvalue weighted by atomic mass is 16.5. The van der Waals surface area contributed by atoms with Crippen LogP contribution < -0.4 is 15.5 Å². The number of aromatic hydroxyl groups is 1. The van der Waals surface area contributed by atoms with E-state index in [9.17, 15) is 24.9 Å². The Morgan fingerprint density at radius 1 is 0.974 bits per heavy atom. The second-order valence-corrected chi connectivity index (χ2v) is 9.64. The van der Waals surface area contributed by atoms with E-state index in [2.05, 4.69) is 10.6 Å². The summed E-state index contributed by atoms with van der Waals surface area (Å²) in [6, 6.07) is 12.0. The van der Waals surface area contributed by atoms with Crippen LogP contribution in [0.2, 0.25) is 0 Å². The molecule has 1 heterocycles. The van der Waals surface area contributed by atoms with E-state index in [-0.39, 0.29) is 30.8 Å². The predicted molar refractivity (Wildman–Crippen MR) is 146 cm³/mol. The first-order valence-corrected chi connectivity index (χ1v) is 13.6. The number of ether oxygens (including phenoxy) is 1. The molecule has 3 amide bonds. The topological polar surface area (TPSA) is 131 Å². The van der Waals surface area contributed by atoms with Crippen LogP contribution in [-0.2, 0) is 22.6 Å². The van der Waals surface area contributed by atoms with Crippen molar-refractivity contribution in [3.63, 3.8) is 0 Å². The zero-order valence-electron chi connectivity index (χ0n) is 22.0. The average Bonchev–Trinajstić information content (AvgIpc) is 3.26. The quantitative estimate of drug-likeness (QED) is 0.148. The van der Waals surface area contributed by atoms with Crippen LogP contribution in [0.1, 0.15) is 67.7 Å². The number of carbonyl (C=O) groups excluding carboxylic acids is 2. The zero-order valence-corrected chi connectivity index (χ0v) is 22.0. The summed E-state index contributed by atoms with van der Waals surface area (Å²) in [7, 11) is 0. The minimum Gasteiger partial charge on any atom is -0.508 e. The Hall–Kier alpha value is -2.98. The number of phenols is 1. The molecule has 1 aliphatic heterocycles. The van der Waals surface area contributed by atoms with Gasteiger partial charge in [0.1, 0.15) is 5.75 Å². The Balaban J connectivity index is 1.14. The van der Waals surface area contributed by atoms with Crippen molar-refractivity contribution in [2.75, 3.05) is 37.7 Å². The standard InChI is InChI=1S/C29H41N3O6/c33-21-24-19-23(11-12-26(24)34)27(35)13-15-30-14-4-1-2-5-16-38-17-6-3-8-22-9-7-10-25(18-22)32-28(36)20-31-29(32)37/h7,9-12,18-19,27,30,33-35H,1-6,8,13-17,20-21H2,(H,31,37). The maximum Gasteiger partial charge on any atom is 0.329 e. The van der Waals surface area contributed by atoms with Crippen LogP contribution in [0.25, 0.3) is 0 Å². The molecule has 1 saturated heterocycles. The summed E-state index contributed by atoms with van der Waals surface area (Å²) in [5, 5.41) is 35.1. The Morgan fingerprint density at radius 3 is 2.53 bits per heavy atom. The van der Waals surface area contributed by atoms with Crippen molar-refractivity contribution < 1.29 is 29.6 Å². The molecule has 2 aromatic rings. The first-order valence-electron chi connectivity index (χ1n) is 13.6. The van der Waals surface area contributed by atoms with Crippen molar-refractivity contribution in [2.24, 2.45) is 0 Å². The molecule has 0 spiro atoms. The predicted octanol–water partition coefficient (Wildman–Crippen LogP) is 3.55. The van der Waals surface area contributed by atoms with Crippen LogP contribution in [0.5, 0.6) is 5.75 Å². The van der Waals surface area contributed by atoms with Crippen molar-refractivity contribution in [1.29, 1.82) is 0 Å². The van der Waals surface area contributed by atoms with E-state index in [1.807, 2.05) is 18.2 Å². The SMILES string of the molecule is O=C1CNC(=O)N1c1cccc(CCCCOCCCCCCNCCC(O)c2ccc(O)c(CO)c2)c1. The zero-order chi connectivity index (χ0) is 27.2. The average molecular weight is 528 g/mol. The van der Waals surface area contributed by atoms with Crippen LogP contribution in [-0.4, -0.2) is 60.1 Å². The fourth-order valence-electron chi connectivity index (χ4n) is 4.45. The third kappa shape index (κ3) is 9.40. The van der Waals surface area contributed by atoms with Crippen LogP contribution >= 0.6 is 0 Å². The van der Waals surface area contributed by atoms with Gasteiger partial charge >= 0.3 is 6.03 Å². The number of anilines is 1. The molecule has 3 rings (SSSR count). The first-order chi connectivity index (χ1) is 18.5. The second-order valence-electron chi connectivity index (χ2n) is 9.64. The van der Waals surface area contributed by atoms with Crippen LogP contribution in [0.4, 0.5) is 10.5 Å². The van der Waals surface area contributed by atoms with Gasteiger partial charge in [0.2, 0.25) is 0 Å². The minimum absolute atomic E-state index is 0.0421. The molecular weight excluding hydrogens is 486 g/mol. The van der Waals surface area contributed by atoms with Crippen LogP contribution in [0, 0.1) is 0 Å².